The van der Waals surface area contributed by atoms with Crippen LogP contribution >= 0.6 is 0 Å². The third-order valence-corrected chi connectivity index (χ3v) is 5.34. The third kappa shape index (κ3) is 3.40. The number of carbonyl (C=O) groups is 1. The van der Waals surface area contributed by atoms with Crippen LogP contribution in [0.5, 0.6) is 0 Å². The maximum absolute atomic E-state index is 14.3. The first kappa shape index (κ1) is 20.4. The number of hydrogen-bond acceptors (Lipinski definition) is 2. The van der Waals surface area contributed by atoms with Crippen molar-refractivity contribution in [3.8, 4) is 0 Å². The van der Waals surface area contributed by atoms with Crippen LogP contribution in [0.1, 0.15) is 71.9 Å². The van der Waals surface area contributed by atoms with E-state index in [-0.39, 0.29) is 12.3 Å². The van der Waals surface area contributed by atoms with E-state index in [0.29, 0.717) is 25.0 Å². The minimum absolute atomic E-state index is 0.0893. The number of carbonyl (C=O) groups excluding carboxylic acids is 1. The second kappa shape index (κ2) is 7.93. The standard InChI is InChI=1S/C20H23F4N3O/c1-4-5-6-11-14(21)16(23)13(17(24)15(11)22)9-25-20(28)19-12-8-7-10(2)18(12)26-27(19)3/h10H,4-9H2,1-3H3,(H,25,28). The number of unbranched alkanes of at least 4 members (excludes halogenated alkanes) is 1. The minimum atomic E-state index is -1.46. The molecule has 1 amide bonds. The van der Waals surface area contributed by atoms with Crippen LogP contribution in [0.15, 0.2) is 0 Å². The fourth-order valence-corrected chi connectivity index (χ4v) is 3.72. The number of amides is 1. The monoisotopic (exact) mass is 397 g/mol. The molecule has 0 aliphatic heterocycles. The molecule has 8 heteroatoms. The number of fused-ring (bicyclic) bond motifs is 1. The van der Waals surface area contributed by atoms with Crippen molar-refractivity contribution in [3.05, 3.63) is 51.3 Å². The zero-order valence-corrected chi connectivity index (χ0v) is 16.1. The summed E-state index contributed by atoms with van der Waals surface area (Å²) in [5.74, 6) is -6.07. The van der Waals surface area contributed by atoms with Crippen LogP contribution in [0.2, 0.25) is 0 Å². The molecule has 0 saturated heterocycles. The van der Waals surface area contributed by atoms with Crippen molar-refractivity contribution in [2.75, 3.05) is 0 Å². The van der Waals surface area contributed by atoms with E-state index >= 15 is 0 Å². The van der Waals surface area contributed by atoms with Crippen molar-refractivity contribution in [1.82, 2.24) is 15.1 Å². The summed E-state index contributed by atoms with van der Waals surface area (Å²) in [4.78, 5) is 12.6. The predicted molar refractivity (Wildman–Crippen MR) is 96.0 cm³/mol. The molecule has 28 heavy (non-hydrogen) atoms. The van der Waals surface area contributed by atoms with Gasteiger partial charge in [0, 0.05) is 36.2 Å². The van der Waals surface area contributed by atoms with E-state index in [4.69, 9.17) is 0 Å². The maximum atomic E-state index is 14.3. The first-order valence-electron chi connectivity index (χ1n) is 9.45. The van der Waals surface area contributed by atoms with Crippen molar-refractivity contribution < 1.29 is 22.4 Å². The van der Waals surface area contributed by atoms with Crippen LogP contribution in [0, 0.1) is 23.3 Å². The molecule has 1 atom stereocenters. The second-order valence-electron chi connectivity index (χ2n) is 7.27. The number of nitrogens with zero attached hydrogens (tertiary/aromatic N) is 2. The minimum Gasteiger partial charge on any atom is -0.346 e. The van der Waals surface area contributed by atoms with Crippen LogP contribution in [-0.4, -0.2) is 15.7 Å². The van der Waals surface area contributed by atoms with Gasteiger partial charge in [-0.3, -0.25) is 9.48 Å². The molecule has 0 fully saturated rings. The Kier molecular flexibility index (Phi) is 5.76. The fourth-order valence-electron chi connectivity index (χ4n) is 3.72. The molecule has 3 rings (SSSR count). The topological polar surface area (TPSA) is 46.9 Å². The van der Waals surface area contributed by atoms with Crippen molar-refractivity contribution in [3.63, 3.8) is 0 Å². The summed E-state index contributed by atoms with van der Waals surface area (Å²) in [5, 5.41) is 6.71. The van der Waals surface area contributed by atoms with Crippen LogP contribution in [0.4, 0.5) is 17.6 Å². The van der Waals surface area contributed by atoms with Gasteiger partial charge in [0.25, 0.3) is 5.91 Å². The molecule has 2 aromatic rings. The van der Waals surface area contributed by atoms with Crippen LogP contribution in [-0.2, 0) is 26.4 Å². The lowest BCUT2D eigenvalue weighted by Gasteiger charge is -2.13. The van der Waals surface area contributed by atoms with Gasteiger partial charge in [-0.25, -0.2) is 17.6 Å². The Morgan fingerprint density at radius 1 is 1.14 bits per heavy atom. The summed E-state index contributed by atoms with van der Waals surface area (Å²) in [5.41, 5.74) is 0.532. The molecule has 1 heterocycles. The van der Waals surface area contributed by atoms with Gasteiger partial charge in [0.1, 0.15) is 5.69 Å². The molecule has 4 nitrogen and oxygen atoms in total. The zero-order valence-electron chi connectivity index (χ0n) is 16.1. The third-order valence-electron chi connectivity index (χ3n) is 5.34. The Labute approximate surface area is 160 Å². The number of hydrogen-bond donors (Lipinski definition) is 1. The van der Waals surface area contributed by atoms with Gasteiger partial charge in [-0.1, -0.05) is 20.3 Å². The summed E-state index contributed by atoms with van der Waals surface area (Å²) in [7, 11) is 1.61. The number of benzene rings is 1. The van der Waals surface area contributed by atoms with E-state index in [9.17, 15) is 22.4 Å². The van der Waals surface area contributed by atoms with E-state index in [2.05, 4.69) is 10.4 Å². The van der Waals surface area contributed by atoms with Gasteiger partial charge in [0.05, 0.1) is 5.69 Å². The lowest BCUT2D eigenvalue weighted by Crippen LogP contribution is -2.27. The van der Waals surface area contributed by atoms with E-state index in [1.54, 1.807) is 7.05 Å². The molecule has 1 aromatic carbocycles. The molecular formula is C20H23F4N3O. The van der Waals surface area contributed by atoms with E-state index in [1.165, 1.54) is 4.68 Å². The summed E-state index contributed by atoms with van der Waals surface area (Å²) < 4.78 is 58.5. The average molecular weight is 397 g/mol. The Bertz CT molecular complexity index is 894. The van der Waals surface area contributed by atoms with Gasteiger partial charge in [-0.2, -0.15) is 5.10 Å². The van der Waals surface area contributed by atoms with Crippen molar-refractivity contribution in [2.45, 2.75) is 58.4 Å². The molecule has 1 aliphatic carbocycles. The zero-order chi connectivity index (χ0) is 20.6. The Morgan fingerprint density at radius 2 is 1.75 bits per heavy atom. The number of halogens is 4. The lowest BCUT2D eigenvalue weighted by molar-refractivity contribution is 0.0939. The molecule has 1 aromatic heterocycles. The highest BCUT2D eigenvalue weighted by Crippen LogP contribution is 2.33. The van der Waals surface area contributed by atoms with Crippen LogP contribution in [0.25, 0.3) is 0 Å². The molecule has 152 valence electrons. The first-order chi connectivity index (χ1) is 13.3. The van der Waals surface area contributed by atoms with E-state index in [1.807, 2.05) is 13.8 Å². The summed E-state index contributed by atoms with van der Waals surface area (Å²) >= 11 is 0. The highest BCUT2D eigenvalue weighted by atomic mass is 19.2. The first-order valence-corrected chi connectivity index (χ1v) is 9.45. The summed E-state index contributed by atoms with van der Waals surface area (Å²) in [6, 6.07) is 0. The molecule has 0 bridgehead atoms. The molecule has 0 spiro atoms. The largest absolute Gasteiger partial charge is 0.346 e. The van der Waals surface area contributed by atoms with Gasteiger partial charge in [0.15, 0.2) is 23.3 Å². The number of aryl methyl sites for hydroxylation is 1. The highest BCUT2D eigenvalue weighted by molar-refractivity contribution is 5.94. The maximum Gasteiger partial charge on any atom is 0.270 e. The van der Waals surface area contributed by atoms with Gasteiger partial charge < -0.3 is 5.32 Å². The predicted octanol–water partition coefficient (Wildman–Crippen LogP) is 4.30. The van der Waals surface area contributed by atoms with Gasteiger partial charge >= 0.3 is 0 Å². The van der Waals surface area contributed by atoms with Crippen molar-refractivity contribution >= 4 is 5.91 Å². The number of nitrogens with one attached hydrogen (secondary N) is 1. The van der Waals surface area contributed by atoms with Crippen molar-refractivity contribution in [2.24, 2.45) is 7.05 Å². The summed E-state index contributed by atoms with van der Waals surface area (Å²) in [6.07, 6.45) is 2.51. The molecule has 1 N–H and O–H groups in total. The lowest BCUT2D eigenvalue weighted by atomic mass is 10.0. The van der Waals surface area contributed by atoms with Gasteiger partial charge in [0.2, 0.25) is 0 Å². The van der Waals surface area contributed by atoms with Crippen LogP contribution < -0.4 is 5.32 Å². The van der Waals surface area contributed by atoms with E-state index in [0.717, 1.165) is 17.7 Å². The smallest absolute Gasteiger partial charge is 0.270 e. The molecule has 1 aliphatic rings. The van der Waals surface area contributed by atoms with Gasteiger partial charge in [-0.05, 0) is 25.7 Å². The molecule has 0 radical (unpaired) electrons. The molecule has 1 unspecified atom stereocenters. The average Bonchev–Trinajstić information content (AvgIpc) is 3.18. The number of rotatable bonds is 6. The summed E-state index contributed by atoms with van der Waals surface area (Å²) in [6.45, 7) is 3.16. The quantitative estimate of drug-likeness (QED) is 0.584. The van der Waals surface area contributed by atoms with Crippen LogP contribution in [0.3, 0.4) is 0 Å². The fraction of sp³-hybridized carbons (Fsp3) is 0.500. The molecular weight excluding hydrogens is 374 g/mol. The highest BCUT2D eigenvalue weighted by Gasteiger charge is 2.30. The Hall–Kier alpha value is -2.38. The van der Waals surface area contributed by atoms with E-state index < -0.39 is 46.8 Å². The second-order valence-corrected chi connectivity index (χ2v) is 7.27. The van der Waals surface area contributed by atoms with Gasteiger partial charge in [-0.15, -0.1) is 0 Å². The number of aromatic nitrogens is 2. The normalized spacial score (nSPS) is 15.8. The Balaban J connectivity index is 1.84. The SMILES string of the molecule is CCCCc1c(F)c(F)c(CNC(=O)c2c3c(nn2C)C(C)CC3)c(F)c1F. The molecule has 0 saturated carbocycles. The Morgan fingerprint density at radius 3 is 2.36 bits per heavy atom. The van der Waals surface area contributed by atoms with Crippen molar-refractivity contribution in [1.29, 1.82) is 0 Å².